The summed E-state index contributed by atoms with van der Waals surface area (Å²) >= 11 is 3.19. The highest BCUT2D eigenvalue weighted by molar-refractivity contribution is 9.10. The summed E-state index contributed by atoms with van der Waals surface area (Å²) in [5.41, 5.74) is 0.262. The summed E-state index contributed by atoms with van der Waals surface area (Å²) in [6.07, 6.45) is 1.36. The number of halogens is 2. The molecule has 0 aliphatic heterocycles. The summed E-state index contributed by atoms with van der Waals surface area (Å²) in [6.45, 7) is 0. The fourth-order valence-corrected chi connectivity index (χ4v) is 1.86. The van der Waals surface area contributed by atoms with Gasteiger partial charge in [0.1, 0.15) is 5.82 Å². The van der Waals surface area contributed by atoms with Crippen molar-refractivity contribution in [2.45, 2.75) is 0 Å². The number of hydrogen-bond acceptors (Lipinski definition) is 3. The molecule has 1 aromatic carbocycles. The van der Waals surface area contributed by atoms with Gasteiger partial charge in [-0.3, -0.25) is 0 Å². The highest BCUT2D eigenvalue weighted by Gasteiger charge is 2.18. The van der Waals surface area contributed by atoms with Gasteiger partial charge < -0.3 is 9.15 Å². The molecule has 0 bridgehead atoms. The van der Waals surface area contributed by atoms with E-state index in [1.807, 2.05) is 0 Å². The molecule has 0 radical (unpaired) electrons. The number of hydrogen-bond donors (Lipinski definition) is 0. The minimum atomic E-state index is -0.712. The van der Waals surface area contributed by atoms with Gasteiger partial charge >= 0.3 is 5.97 Å². The van der Waals surface area contributed by atoms with Crippen LogP contribution in [0.5, 0.6) is 0 Å². The molecule has 0 unspecified atom stereocenters. The normalized spacial score (nSPS) is 10.6. The second-order valence-electron chi connectivity index (χ2n) is 2.87. The second-order valence-corrected chi connectivity index (χ2v) is 3.73. The largest absolute Gasteiger partial charge is 0.465 e. The van der Waals surface area contributed by atoms with Gasteiger partial charge in [0.25, 0.3) is 0 Å². The Hall–Kier alpha value is -1.36. The molecule has 0 amide bonds. The Bertz CT molecular complexity index is 533. The number of rotatable bonds is 1. The Morgan fingerprint density at radius 1 is 1.60 bits per heavy atom. The van der Waals surface area contributed by atoms with E-state index in [1.54, 1.807) is 0 Å². The van der Waals surface area contributed by atoms with Crippen molar-refractivity contribution < 1.29 is 18.3 Å². The molecule has 78 valence electrons. The smallest absolute Gasteiger partial charge is 0.340 e. The summed E-state index contributed by atoms with van der Waals surface area (Å²) in [5, 5.41) is 0.254. The summed E-state index contributed by atoms with van der Waals surface area (Å²) in [7, 11) is 1.20. The van der Waals surface area contributed by atoms with E-state index in [4.69, 9.17) is 4.42 Å². The predicted octanol–water partition coefficient (Wildman–Crippen LogP) is 3.12. The highest BCUT2D eigenvalue weighted by atomic mass is 79.9. The Balaban J connectivity index is 2.76. The molecule has 0 spiro atoms. The highest BCUT2D eigenvalue weighted by Crippen LogP contribution is 2.30. The molecule has 0 atom stereocenters. The van der Waals surface area contributed by atoms with E-state index in [2.05, 4.69) is 20.7 Å². The van der Waals surface area contributed by atoms with E-state index in [-0.39, 0.29) is 10.9 Å². The molecular weight excluding hydrogens is 267 g/mol. The molecule has 5 heteroatoms. The molecule has 0 aliphatic carbocycles. The lowest BCUT2D eigenvalue weighted by atomic mass is 10.1. The molecule has 0 fully saturated rings. The Labute approximate surface area is 92.9 Å². The fraction of sp³-hybridized carbons (Fsp3) is 0.100. The van der Waals surface area contributed by atoms with Crippen molar-refractivity contribution in [2.75, 3.05) is 7.11 Å². The lowest BCUT2D eigenvalue weighted by molar-refractivity contribution is 0.0596. The monoisotopic (exact) mass is 272 g/mol. The van der Waals surface area contributed by atoms with Crippen molar-refractivity contribution in [3.05, 3.63) is 34.2 Å². The van der Waals surface area contributed by atoms with Crippen molar-refractivity contribution in [2.24, 2.45) is 0 Å². The van der Waals surface area contributed by atoms with Gasteiger partial charge in [0.15, 0.2) is 5.58 Å². The average Bonchev–Trinajstić information content (AvgIpc) is 2.71. The van der Waals surface area contributed by atoms with Crippen LogP contribution < -0.4 is 0 Å². The molecule has 2 rings (SSSR count). The summed E-state index contributed by atoms with van der Waals surface area (Å²) in [5.74, 6) is -1.34. The van der Waals surface area contributed by atoms with Gasteiger partial charge in [-0.05, 0) is 28.1 Å². The molecule has 1 aromatic heterocycles. The van der Waals surface area contributed by atoms with Gasteiger partial charge in [-0.1, -0.05) is 0 Å². The minimum Gasteiger partial charge on any atom is -0.465 e. The van der Waals surface area contributed by atoms with E-state index in [1.165, 1.54) is 25.5 Å². The fourth-order valence-electron chi connectivity index (χ4n) is 1.33. The van der Waals surface area contributed by atoms with Crippen LogP contribution in [-0.4, -0.2) is 13.1 Å². The van der Waals surface area contributed by atoms with Gasteiger partial charge in [0, 0.05) is 0 Å². The van der Waals surface area contributed by atoms with Gasteiger partial charge in [0.05, 0.1) is 28.8 Å². The van der Waals surface area contributed by atoms with E-state index >= 15 is 0 Å². The maximum atomic E-state index is 13.7. The van der Waals surface area contributed by atoms with Crippen LogP contribution in [0.2, 0.25) is 0 Å². The topological polar surface area (TPSA) is 39.4 Å². The molecule has 0 aliphatic rings. The molecule has 1 heterocycles. The number of furan rings is 1. The van der Waals surface area contributed by atoms with E-state index in [0.29, 0.717) is 10.1 Å². The third-order valence-corrected chi connectivity index (χ3v) is 2.62. The summed E-state index contributed by atoms with van der Waals surface area (Å²) < 4.78 is 23.8. The van der Waals surface area contributed by atoms with Crippen LogP contribution >= 0.6 is 15.9 Å². The second kappa shape index (κ2) is 3.66. The number of esters is 1. The minimum absolute atomic E-state index is 0.113. The van der Waals surface area contributed by atoms with Crippen LogP contribution in [0.15, 0.2) is 27.3 Å². The van der Waals surface area contributed by atoms with E-state index in [0.717, 1.165) is 0 Å². The third kappa shape index (κ3) is 1.52. The first-order valence-corrected chi connectivity index (χ1v) is 4.88. The van der Waals surface area contributed by atoms with Gasteiger partial charge in [-0.2, -0.15) is 0 Å². The van der Waals surface area contributed by atoms with Crippen LogP contribution in [-0.2, 0) is 4.74 Å². The molecular formula is C10H6BrFO3. The number of benzene rings is 1. The van der Waals surface area contributed by atoms with Crippen molar-refractivity contribution >= 4 is 32.9 Å². The zero-order chi connectivity index (χ0) is 11.0. The molecule has 0 N–H and O–H groups in total. The van der Waals surface area contributed by atoms with Crippen molar-refractivity contribution in [3.63, 3.8) is 0 Å². The standard InChI is InChI=1S/C10H6BrFO3/c1-14-10(13)6-4-7(11)9-5(8(6)12)2-3-15-9/h2-4H,1H3. The molecule has 0 saturated carbocycles. The molecule has 15 heavy (non-hydrogen) atoms. The Morgan fingerprint density at radius 3 is 3.00 bits per heavy atom. The van der Waals surface area contributed by atoms with Crippen LogP contribution in [0, 0.1) is 5.82 Å². The molecule has 0 saturated heterocycles. The lowest BCUT2D eigenvalue weighted by Crippen LogP contribution is -2.04. The van der Waals surface area contributed by atoms with Crippen LogP contribution in [0.3, 0.4) is 0 Å². The first kappa shape index (κ1) is 10.2. The van der Waals surface area contributed by atoms with Gasteiger partial charge in [-0.25, -0.2) is 9.18 Å². The molecule has 3 nitrogen and oxygen atoms in total. The van der Waals surface area contributed by atoms with Crippen LogP contribution in [0.25, 0.3) is 11.0 Å². The van der Waals surface area contributed by atoms with Crippen LogP contribution in [0.1, 0.15) is 10.4 Å². The number of methoxy groups -OCH3 is 1. The third-order valence-electron chi connectivity index (χ3n) is 2.03. The summed E-state index contributed by atoms with van der Waals surface area (Å²) in [6, 6.07) is 2.80. The van der Waals surface area contributed by atoms with Crippen molar-refractivity contribution in [1.82, 2.24) is 0 Å². The van der Waals surface area contributed by atoms with E-state index in [9.17, 15) is 9.18 Å². The number of carbonyl (C=O) groups is 1. The first-order valence-electron chi connectivity index (χ1n) is 4.08. The van der Waals surface area contributed by atoms with Crippen molar-refractivity contribution in [1.29, 1.82) is 0 Å². The van der Waals surface area contributed by atoms with E-state index < -0.39 is 11.8 Å². The maximum absolute atomic E-state index is 13.7. The van der Waals surface area contributed by atoms with Gasteiger partial charge in [-0.15, -0.1) is 0 Å². The Morgan fingerprint density at radius 2 is 2.33 bits per heavy atom. The predicted molar refractivity (Wildman–Crippen MR) is 55.2 cm³/mol. The van der Waals surface area contributed by atoms with Gasteiger partial charge in [0.2, 0.25) is 0 Å². The Kier molecular flexibility index (Phi) is 2.48. The van der Waals surface area contributed by atoms with Crippen molar-refractivity contribution in [3.8, 4) is 0 Å². The zero-order valence-electron chi connectivity index (χ0n) is 7.71. The quantitative estimate of drug-likeness (QED) is 0.749. The SMILES string of the molecule is COC(=O)c1cc(Br)c2occc2c1F. The lowest BCUT2D eigenvalue weighted by Gasteiger charge is -2.02. The first-order chi connectivity index (χ1) is 7.15. The average molecular weight is 273 g/mol. The number of fused-ring (bicyclic) bond motifs is 1. The number of ether oxygens (including phenoxy) is 1. The molecule has 2 aromatic rings. The van der Waals surface area contributed by atoms with Crippen LogP contribution in [0.4, 0.5) is 4.39 Å². The maximum Gasteiger partial charge on any atom is 0.340 e. The zero-order valence-corrected chi connectivity index (χ0v) is 9.30. The summed E-state index contributed by atoms with van der Waals surface area (Å²) in [4.78, 5) is 11.2. The number of carbonyl (C=O) groups excluding carboxylic acids is 1.